The largest absolute Gasteiger partial charge is 0.495 e. The fourth-order valence-electron chi connectivity index (χ4n) is 3.71. The van der Waals surface area contributed by atoms with Crippen LogP contribution in [0.2, 0.25) is 5.02 Å². The van der Waals surface area contributed by atoms with Crippen LogP contribution in [0, 0.1) is 5.92 Å². The lowest BCUT2D eigenvalue weighted by Gasteiger charge is -2.36. The Bertz CT molecular complexity index is 758. The van der Waals surface area contributed by atoms with Crippen molar-refractivity contribution in [3.05, 3.63) is 59.1 Å². The van der Waals surface area contributed by atoms with E-state index in [-0.39, 0.29) is 5.91 Å². The molecule has 1 heterocycles. The Morgan fingerprint density at radius 1 is 1.22 bits per heavy atom. The predicted octanol–water partition coefficient (Wildman–Crippen LogP) is 5.15. The van der Waals surface area contributed by atoms with Crippen LogP contribution in [0.15, 0.2) is 48.5 Å². The van der Waals surface area contributed by atoms with Gasteiger partial charge in [0.1, 0.15) is 5.75 Å². The summed E-state index contributed by atoms with van der Waals surface area (Å²) in [5, 5.41) is 3.45. The van der Waals surface area contributed by atoms with E-state index in [4.69, 9.17) is 16.3 Å². The first-order chi connectivity index (χ1) is 13.1. The molecule has 0 saturated carbocycles. The fraction of sp³-hybridized carbons (Fsp3) is 0.409. The number of nitrogens with one attached hydrogen (secondary N) is 1. The van der Waals surface area contributed by atoms with Crippen molar-refractivity contribution in [2.45, 2.75) is 32.2 Å². The molecule has 5 heteroatoms. The van der Waals surface area contributed by atoms with Crippen LogP contribution in [-0.2, 0) is 4.79 Å². The SMILES string of the molecule is COc1ccc(NC(=O)CC2CCN(C(C)c3ccccc3)CC2)cc1Cl. The number of methoxy groups -OCH3 is 1. The van der Waals surface area contributed by atoms with Gasteiger partial charge in [0.05, 0.1) is 12.1 Å². The van der Waals surface area contributed by atoms with Gasteiger partial charge in [0.2, 0.25) is 5.91 Å². The molecule has 4 nitrogen and oxygen atoms in total. The second-order valence-electron chi connectivity index (χ2n) is 7.17. The molecule has 2 aromatic rings. The molecule has 144 valence electrons. The van der Waals surface area contributed by atoms with E-state index in [9.17, 15) is 4.79 Å². The molecule has 0 bridgehead atoms. The highest BCUT2D eigenvalue weighted by Gasteiger charge is 2.25. The number of rotatable bonds is 6. The average Bonchev–Trinajstić information content (AvgIpc) is 2.69. The zero-order valence-electron chi connectivity index (χ0n) is 16.0. The molecular formula is C22H27ClN2O2. The summed E-state index contributed by atoms with van der Waals surface area (Å²) in [7, 11) is 1.57. The first-order valence-corrected chi connectivity index (χ1v) is 9.87. The summed E-state index contributed by atoms with van der Waals surface area (Å²) in [4.78, 5) is 14.9. The molecule has 1 N–H and O–H groups in total. The molecule has 0 aromatic heterocycles. The number of nitrogens with zero attached hydrogens (tertiary/aromatic N) is 1. The number of hydrogen-bond acceptors (Lipinski definition) is 3. The minimum atomic E-state index is 0.0470. The minimum absolute atomic E-state index is 0.0470. The smallest absolute Gasteiger partial charge is 0.224 e. The monoisotopic (exact) mass is 386 g/mol. The van der Waals surface area contributed by atoms with Gasteiger partial charge < -0.3 is 10.1 Å². The number of hydrogen-bond donors (Lipinski definition) is 1. The summed E-state index contributed by atoms with van der Waals surface area (Å²) in [6.07, 6.45) is 2.65. The minimum Gasteiger partial charge on any atom is -0.495 e. The van der Waals surface area contributed by atoms with Crippen molar-refractivity contribution >= 4 is 23.2 Å². The Labute approximate surface area is 166 Å². The fourth-order valence-corrected chi connectivity index (χ4v) is 3.96. The second-order valence-corrected chi connectivity index (χ2v) is 7.57. The van der Waals surface area contributed by atoms with Crippen molar-refractivity contribution in [2.24, 2.45) is 5.92 Å². The van der Waals surface area contributed by atoms with Gasteiger partial charge in [-0.05, 0) is 62.5 Å². The topological polar surface area (TPSA) is 41.6 Å². The zero-order valence-corrected chi connectivity index (χ0v) is 16.7. The molecule has 27 heavy (non-hydrogen) atoms. The zero-order chi connectivity index (χ0) is 19.2. The Morgan fingerprint density at radius 2 is 1.93 bits per heavy atom. The quantitative estimate of drug-likeness (QED) is 0.746. The molecule has 2 aromatic carbocycles. The number of carbonyl (C=O) groups excluding carboxylic acids is 1. The number of piperidine rings is 1. The van der Waals surface area contributed by atoms with Crippen LogP contribution in [-0.4, -0.2) is 31.0 Å². The maximum atomic E-state index is 12.4. The number of likely N-dealkylation sites (tertiary alicyclic amines) is 1. The number of amides is 1. The highest BCUT2D eigenvalue weighted by atomic mass is 35.5. The molecule has 0 radical (unpaired) electrons. The van der Waals surface area contributed by atoms with Crippen LogP contribution >= 0.6 is 11.6 Å². The van der Waals surface area contributed by atoms with Crippen molar-refractivity contribution in [3.63, 3.8) is 0 Å². The number of carbonyl (C=O) groups is 1. The summed E-state index contributed by atoms with van der Waals surface area (Å²) >= 11 is 6.12. The van der Waals surface area contributed by atoms with Gasteiger partial charge in [0.15, 0.2) is 0 Å². The highest BCUT2D eigenvalue weighted by Crippen LogP contribution is 2.29. The van der Waals surface area contributed by atoms with Gasteiger partial charge in [-0.2, -0.15) is 0 Å². The Kier molecular flexibility index (Phi) is 6.75. The van der Waals surface area contributed by atoms with Gasteiger partial charge in [-0.1, -0.05) is 41.9 Å². The molecule has 1 fully saturated rings. The first-order valence-electron chi connectivity index (χ1n) is 9.49. The van der Waals surface area contributed by atoms with Gasteiger partial charge in [-0.3, -0.25) is 9.69 Å². The van der Waals surface area contributed by atoms with Gasteiger partial charge in [0.25, 0.3) is 0 Å². The van der Waals surface area contributed by atoms with Crippen LogP contribution < -0.4 is 10.1 Å². The van der Waals surface area contributed by atoms with Gasteiger partial charge >= 0.3 is 0 Å². The predicted molar refractivity (Wildman–Crippen MR) is 110 cm³/mol. The Balaban J connectivity index is 1.47. The molecule has 1 saturated heterocycles. The van der Waals surface area contributed by atoms with Crippen molar-refractivity contribution in [3.8, 4) is 5.75 Å². The van der Waals surface area contributed by atoms with Gasteiger partial charge in [-0.15, -0.1) is 0 Å². The van der Waals surface area contributed by atoms with Crippen LogP contribution in [0.5, 0.6) is 5.75 Å². The number of ether oxygens (including phenoxy) is 1. The lowest BCUT2D eigenvalue weighted by atomic mass is 9.91. The second kappa shape index (κ2) is 9.25. The maximum absolute atomic E-state index is 12.4. The van der Waals surface area contributed by atoms with E-state index in [1.54, 1.807) is 19.2 Å². The van der Waals surface area contributed by atoms with Crippen LogP contribution in [0.3, 0.4) is 0 Å². The van der Waals surface area contributed by atoms with E-state index in [1.807, 2.05) is 6.07 Å². The molecule has 1 amide bonds. The lowest BCUT2D eigenvalue weighted by molar-refractivity contribution is -0.117. The van der Waals surface area contributed by atoms with Gasteiger partial charge in [0, 0.05) is 18.2 Å². The molecule has 1 atom stereocenters. The molecular weight excluding hydrogens is 360 g/mol. The third kappa shape index (κ3) is 5.24. The molecule has 1 aliphatic rings. The van der Waals surface area contributed by atoms with E-state index in [0.717, 1.165) is 25.9 Å². The summed E-state index contributed by atoms with van der Waals surface area (Å²) < 4.78 is 5.14. The van der Waals surface area contributed by atoms with Crippen LogP contribution in [0.25, 0.3) is 0 Å². The maximum Gasteiger partial charge on any atom is 0.224 e. The third-order valence-electron chi connectivity index (χ3n) is 5.39. The molecule has 0 spiro atoms. The van der Waals surface area contributed by atoms with Crippen molar-refractivity contribution in [1.82, 2.24) is 4.90 Å². The summed E-state index contributed by atoms with van der Waals surface area (Å²) in [6, 6.07) is 16.3. The van der Waals surface area contributed by atoms with E-state index in [0.29, 0.717) is 34.8 Å². The summed E-state index contributed by atoms with van der Waals surface area (Å²) in [6.45, 7) is 4.32. The van der Waals surface area contributed by atoms with Crippen LogP contribution in [0.1, 0.15) is 37.8 Å². The van der Waals surface area contributed by atoms with Crippen molar-refractivity contribution in [2.75, 3.05) is 25.5 Å². The van der Waals surface area contributed by atoms with Crippen molar-refractivity contribution < 1.29 is 9.53 Å². The van der Waals surface area contributed by atoms with Crippen LogP contribution in [0.4, 0.5) is 5.69 Å². The molecule has 3 rings (SSSR count). The Morgan fingerprint density at radius 3 is 2.56 bits per heavy atom. The molecule has 1 aliphatic heterocycles. The summed E-state index contributed by atoms with van der Waals surface area (Å²) in [5.41, 5.74) is 2.06. The standard InChI is InChI=1S/C22H27ClN2O2/c1-16(18-6-4-3-5-7-18)25-12-10-17(11-13-25)14-22(26)24-19-8-9-21(27-2)20(23)15-19/h3-9,15-17H,10-14H2,1-2H3,(H,24,26). The lowest BCUT2D eigenvalue weighted by Crippen LogP contribution is -2.36. The van der Waals surface area contributed by atoms with Gasteiger partial charge in [-0.25, -0.2) is 0 Å². The van der Waals surface area contributed by atoms with E-state index in [1.165, 1.54) is 5.56 Å². The number of halogens is 1. The third-order valence-corrected chi connectivity index (χ3v) is 5.68. The van der Waals surface area contributed by atoms with Crippen molar-refractivity contribution in [1.29, 1.82) is 0 Å². The first kappa shape index (κ1) is 19.7. The average molecular weight is 387 g/mol. The van der Waals surface area contributed by atoms with E-state index in [2.05, 4.69) is 47.5 Å². The normalized spacial score (nSPS) is 16.7. The highest BCUT2D eigenvalue weighted by molar-refractivity contribution is 6.32. The number of benzene rings is 2. The molecule has 1 unspecified atom stereocenters. The Hall–Kier alpha value is -2.04. The van der Waals surface area contributed by atoms with E-state index >= 15 is 0 Å². The molecule has 0 aliphatic carbocycles. The summed E-state index contributed by atoms with van der Waals surface area (Å²) in [5.74, 6) is 1.08. The number of anilines is 1. The van der Waals surface area contributed by atoms with E-state index < -0.39 is 0 Å².